The van der Waals surface area contributed by atoms with Crippen LogP contribution in [0, 0.1) is 11.3 Å². The second-order valence-corrected chi connectivity index (χ2v) is 7.07. The average Bonchev–Trinajstić information content (AvgIpc) is 3.21. The second kappa shape index (κ2) is 7.14. The van der Waals surface area contributed by atoms with Crippen LogP contribution in [0.25, 0.3) is 0 Å². The Bertz CT molecular complexity index is 923. The second-order valence-electron chi connectivity index (χ2n) is 6.73. The van der Waals surface area contributed by atoms with Crippen molar-refractivity contribution in [1.29, 1.82) is 5.26 Å². The lowest BCUT2D eigenvalue weighted by molar-refractivity contribution is -0.120. The highest BCUT2D eigenvalue weighted by atomic mass is 35.5. The first-order valence-corrected chi connectivity index (χ1v) is 9.27. The van der Waals surface area contributed by atoms with Gasteiger partial charge in [-0.15, -0.1) is 0 Å². The zero-order valence-corrected chi connectivity index (χ0v) is 15.3. The molecule has 0 unspecified atom stereocenters. The highest BCUT2D eigenvalue weighted by molar-refractivity contribution is 6.28. The van der Waals surface area contributed by atoms with Crippen molar-refractivity contribution in [2.24, 2.45) is 0 Å². The number of amides is 1. The monoisotopic (exact) mass is 383 g/mol. The van der Waals surface area contributed by atoms with E-state index in [9.17, 15) is 15.2 Å². The summed E-state index contributed by atoms with van der Waals surface area (Å²) < 4.78 is 0. The van der Waals surface area contributed by atoms with Gasteiger partial charge in [0.1, 0.15) is 11.7 Å². The van der Waals surface area contributed by atoms with Gasteiger partial charge in [-0.1, -0.05) is 18.9 Å². The van der Waals surface area contributed by atoms with Crippen molar-refractivity contribution in [1.82, 2.24) is 9.97 Å². The van der Waals surface area contributed by atoms with Gasteiger partial charge in [-0.25, -0.2) is 4.98 Å². The summed E-state index contributed by atoms with van der Waals surface area (Å²) in [5, 5.41) is 19.3. The molecule has 1 aliphatic heterocycles. The molecule has 0 radical (unpaired) electrons. The summed E-state index contributed by atoms with van der Waals surface area (Å²) >= 11 is 6.06. The Hall–Kier alpha value is -2.69. The maximum absolute atomic E-state index is 13.3. The third-order valence-electron chi connectivity index (χ3n) is 5.17. The standard InChI is InChI=1S/C19H18ClN5O2/c20-19-22-10-15-17(23-19)24(13-5-1-2-6-13)16(11-26)18(27)25(15)14-7-3-4-12(8-14)9-21/h3-4,7-8,10,13,16,26H,1-2,5-6,11H2/t16-/m1/s1. The van der Waals surface area contributed by atoms with E-state index in [0.29, 0.717) is 22.8 Å². The van der Waals surface area contributed by atoms with E-state index < -0.39 is 6.04 Å². The van der Waals surface area contributed by atoms with Gasteiger partial charge in [-0.3, -0.25) is 9.69 Å². The van der Waals surface area contributed by atoms with Crippen LogP contribution in [0.2, 0.25) is 5.28 Å². The van der Waals surface area contributed by atoms with Crippen molar-refractivity contribution in [3.8, 4) is 6.07 Å². The molecule has 4 rings (SSSR count). The zero-order chi connectivity index (χ0) is 19.0. The quantitative estimate of drug-likeness (QED) is 0.819. The normalized spacial score (nSPS) is 19.9. The summed E-state index contributed by atoms with van der Waals surface area (Å²) in [4.78, 5) is 25.2. The molecule has 1 amide bonds. The molecule has 138 valence electrons. The van der Waals surface area contributed by atoms with E-state index >= 15 is 0 Å². The molecule has 7 nitrogen and oxygen atoms in total. The van der Waals surface area contributed by atoms with E-state index in [1.165, 1.54) is 11.1 Å². The van der Waals surface area contributed by atoms with Crippen molar-refractivity contribution in [2.45, 2.75) is 37.8 Å². The van der Waals surface area contributed by atoms with Gasteiger partial charge in [-0.05, 0) is 42.6 Å². The molecule has 1 atom stereocenters. The van der Waals surface area contributed by atoms with Crippen LogP contribution >= 0.6 is 11.6 Å². The lowest BCUT2D eigenvalue weighted by Crippen LogP contribution is -2.57. The highest BCUT2D eigenvalue weighted by Crippen LogP contribution is 2.42. The van der Waals surface area contributed by atoms with Crippen LogP contribution in [0.1, 0.15) is 31.2 Å². The number of rotatable bonds is 3. The third-order valence-corrected chi connectivity index (χ3v) is 5.35. The van der Waals surface area contributed by atoms with Crippen LogP contribution in [0.4, 0.5) is 17.2 Å². The molecule has 0 spiro atoms. The molecule has 1 aromatic carbocycles. The molecule has 27 heavy (non-hydrogen) atoms. The fourth-order valence-corrected chi connectivity index (χ4v) is 4.11. The number of aromatic nitrogens is 2. The Morgan fingerprint density at radius 1 is 1.33 bits per heavy atom. The summed E-state index contributed by atoms with van der Waals surface area (Å²) in [5.74, 6) is 0.279. The summed E-state index contributed by atoms with van der Waals surface area (Å²) in [6.45, 7) is -0.329. The first kappa shape index (κ1) is 17.7. The van der Waals surface area contributed by atoms with E-state index in [1.54, 1.807) is 24.3 Å². The van der Waals surface area contributed by atoms with Crippen LogP contribution in [0.5, 0.6) is 0 Å². The van der Waals surface area contributed by atoms with Gasteiger partial charge in [0.15, 0.2) is 5.82 Å². The zero-order valence-electron chi connectivity index (χ0n) is 14.5. The number of carbonyl (C=O) groups is 1. The SMILES string of the molecule is N#Cc1cccc(N2C(=O)[C@@H](CO)N(C3CCCC3)c3nc(Cl)ncc32)c1. The number of aliphatic hydroxyl groups is 1. The van der Waals surface area contributed by atoms with Crippen molar-refractivity contribution >= 4 is 34.7 Å². The van der Waals surface area contributed by atoms with Gasteiger partial charge in [0.2, 0.25) is 5.28 Å². The van der Waals surface area contributed by atoms with Crippen molar-refractivity contribution in [3.63, 3.8) is 0 Å². The minimum Gasteiger partial charge on any atom is -0.394 e. The molecule has 1 saturated carbocycles. The predicted molar refractivity (Wildman–Crippen MR) is 101 cm³/mol. The van der Waals surface area contributed by atoms with Gasteiger partial charge in [0.05, 0.1) is 30.1 Å². The van der Waals surface area contributed by atoms with Gasteiger partial charge in [0, 0.05) is 6.04 Å². The molecule has 2 aromatic rings. The molecule has 8 heteroatoms. The highest BCUT2D eigenvalue weighted by Gasteiger charge is 2.43. The Morgan fingerprint density at radius 2 is 2.11 bits per heavy atom. The molecule has 1 aromatic heterocycles. The Morgan fingerprint density at radius 3 is 2.81 bits per heavy atom. The topological polar surface area (TPSA) is 93.3 Å². The first-order valence-electron chi connectivity index (χ1n) is 8.90. The minimum atomic E-state index is -0.752. The number of benzene rings is 1. The maximum Gasteiger partial charge on any atom is 0.256 e. The number of carbonyl (C=O) groups excluding carboxylic acids is 1. The maximum atomic E-state index is 13.3. The fourth-order valence-electron chi connectivity index (χ4n) is 3.98. The first-order chi connectivity index (χ1) is 13.1. The van der Waals surface area contributed by atoms with Gasteiger partial charge >= 0.3 is 0 Å². The average molecular weight is 384 g/mol. The smallest absolute Gasteiger partial charge is 0.256 e. The number of anilines is 3. The van der Waals surface area contributed by atoms with E-state index in [4.69, 9.17) is 11.6 Å². The molecule has 0 saturated heterocycles. The molecule has 0 bridgehead atoms. The largest absolute Gasteiger partial charge is 0.394 e. The van der Waals surface area contributed by atoms with Crippen LogP contribution in [0.3, 0.4) is 0 Å². The number of fused-ring (bicyclic) bond motifs is 1. The summed E-state index contributed by atoms with van der Waals surface area (Å²) in [5.41, 5.74) is 1.49. The van der Waals surface area contributed by atoms with Gasteiger partial charge < -0.3 is 10.0 Å². The Labute approximate surface area is 161 Å². The third kappa shape index (κ3) is 3.01. The van der Waals surface area contributed by atoms with Gasteiger partial charge in [-0.2, -0.15) is 10.2 Å². The Kier molecular flexibility index (Phi) is 4.68. The number of halogens is 1. The fraction of sp³-hybridized carbons (Fsp3) is 0.368. The van der Waals surface area contributed by atoms with Crippen LogP contribution in [0.15, 0.2) is 30.5 Å². The number of nitrogens with zero attached hydrogens (tertiary/aromatic N) is 5. The predicted octanol–water partition coefficient (Wildman–Crippen LogP) is 2.79. The minimum absolute atomic E-state index is 0.0912. The lowest BCUT2D eigenvalue weighted by Gasteiger charge is -2.44. The molecular weight excluding hydrogens is 366 g/mol. The number of nitriles is 1. The summed E-state index contributed by atoms with van der Waals surface area (Å²) in [6.07, 6.45) is 5.56. The molecule has 1 N–H and O–H groups in total. The van der Waals surface area contributed by atoms with E-state index in [-0.39, 0.29) is 23.8 Å². The summed E-state index contributed by atoms with van der Waals surface area (Å²) in [7, 11) is 0. The number of hydrogen-bond donors (Lipinski definition) is 1. The van der Waals surface area contributed by atoms with Crippen LogP contribution in [-0.2, 0) is 4.79 Å². The summed E-state index contributed by atoms with van der Waals surface area (Å²) in [6, 6.07) is 8.23. The van der Waals surface area contributed by atoms with Crippen molar-refractivity contribution in [3.05, 3.63) is 41.3 Å². The number of hydrogen-bond acceptors (Lipinski definition) is 6. The molecular formula is C19H18ClN5O2. The van der Waals surface area contributed by atoms with Crippen molar-refractivity contribution < 1.29 is 9.90 Å². The van der Waals surface area contributed by atoms with E-state index in [1.807, 2.05) is 4.90 Å². The molecule has 2 aliphatic rings. The van der Waals surface area contributed by atoms with E-state index in [0.717, 1.165) is 25.7 Å². The van der Waals surface area contributed by atoms with Gasteiger partial charge in [0.25, 0.3) is 5.91 Å². The lowest BCUT2D eigenvalue weighted by atomic mass is 10.0. The molecule has 2 heterocycles. The van der Waals surface area contributed by atoms with Crippen molar-refractivity contribution in [2.75, 3.05) is 16.4 Å². The molecule has 1 aliphatic carbocycles. The van der Waals surface area contributed by atoms with E-state index in [2.05, 4.69) is 16.0 Å². The number of aliphatic hydroxyl groups excluding tert-OH is 1. The molecule has 1 fully saturated rings. The van der Waals surface area contributed by atoms with Crippen LogP contribution in [-0.4, -0.2) is 39.7 Å². The van der Waals surface area contributed by atoms with Crippen LogP contribution < -0.4 is 9.80 Å². The Balaban J connectivity index is 1.89.